The summed E-state index contributed by atoms with van der Waals surface area (Å²) < 4.78 is 5.26. The van der Waals surface area contributed by atoms with E-state index in [0.717, 1.165) is 37.0 Å². The number of hydrogen-bond donors (Lipinski definition) is 2. The number of amides is 3. The maximum Gasteiger partial charge on any atom is 0.254 e. The van der Waals surface area contributed by atoms with Gasteiger partial charge in [-0.25, -0.2) is 0 Å². The number of aryl methyl sites for hydroxylation is 1. The smallest absolute Gasteiger partial charge is 0.254 e. The Labute approximate surface area is 212 Å². The Morgan fingerprint density at radius 1 is 1.00 bits per heavy atom. The van der Waals surface area contributed by atoms with E-state index in [2.05, 4.69) is 10.2 Å². The molecule has 0 radical (unpaired) electrons. The molecule has 2 aliphatic rings. The molecule has 2 aromatic rings. The Morgan fingerprint density at radius 2 is 1.69 bits per heavy atom. The van der Waals surface area contributed by atoms with Gasteiger partial charge in [-0.05, 0) is 49.1 Å². The van der Waals surface area contributed by atoms with Gasteiger partial charge in [0.15, 0.2) is 0 Å². The molecule has 1 aliphatic carbocycles. The average Bonchev–Trinajstić information content (AvgIpc) is 2.91. The van der Waals surface area contributed by atoms with Crippen LogP contribution in [0.2, 0.25) is 0 Å². The van der Waals surface area contributed by atoms with E-state index in [1.807, 2.05) is 48.2 Å². The molecule has 3 N–H and O–H groups in total. The number of ether oxygens (including phenoxy) is 1. The van der Waals surface area contributed by atoms with Gasteiger partial charge in [0.2, 0.25) is 11.8 Å². The number of nitrogens with zero attached hydrogens (tertiary/aromatic N) is 2. The van der Waals surface area contributed by atoms with Crippen molar-refractivity contribution in [3.05, 3.63) is 65.2 Å². The largest absolute Gasteiger partial charge is 0.497 e. The Morgan fingerprint density at radius 3 is 2.33 bits per heavy atom. The van der Waals surface area contributed by atoms with Gasteiger partial charge in [0.25, 0.3) is 5.91 Å². The monoisotopic (exact) mass is 492 g/mol. The topological polar surface area (TPSA) is 105 Å². The van der Waals surface area contributed by atoms with Gasteiger partial charge in [0, 0.05) is 37.8 Å². The maximum atomic E-state index is 13.4. The highest BCUT2D eigenvalue weighted by Gasteiger charge is 2.38. The molecule has 1 saturated heterocycles. The lowest BCUT2D eigenvalue weighted by molar-refractivity contribution is -0.133. The Balaban J connectivity index is 1.40. The van der Waals surface area contributed by atoms with Crippen molar-refractivity contribution in [3.63, 3.8) is 0 Å². The van der Waals surface area contributed by atoms with Gasteiger partial charge in [-0.2, -0.15) is 0 Å². The van der Waals surface area contributed by atoms with E-state index < -0.39 is 11.9 Å². The van der Waals surface area contributed by atoms with Crippen LogP contribution in [0.3, 0.4) is 0 Å². The lowest BCUT2D eigenvalue weighted by atomic mass is 9.82. The van der Waals surface area contributed by atoms with Crippen LogP contribution in [-0.2, 0) is 9.59 Å². The molecule has 1 aliphatic heterocycles. The zero-order chi connectivity index (χ0) is 25.7. The van der Waals surface area contributed by atoms with Gasteiger partial charge in [0.05, 0.1) is 13.0 Å². The summed E-state index contributed by atoms with van der Waals surface area (Å²) in [5, 5.41) is 2.92. The van der Waals surface area contributed by atoms with Crippen LogP contribution in [0.25, 0.3) is 0 Å². The van der Waals surface area contributed by atoms with Crippen LogP contribution in [0, 0.1) is 12.8 Å². The Hall–Kier alpha value is -3.39. The first-order chi connectivity index (χ1) is 17.4. The third kappa shape index (κ3) is 5.70. The lowest BCUT2D eigenvalue weighted by Gasteiger charge is -2.44. The number of methoxy groups -OCH3 is 1. The molecule has 8 heteroatoms. The van der Waals surface area contributed by atoms with Crippen molar-refractivity contribution in [3.8, 4) is 5.75 Å². The summed E-state index contributed by atoms with van der Waals surface area (Å²) in [5.74, 6) is -0.140. The fourth-order valence-corrected chi connectivity index (χ4v) is 5.50. The van der Waals surface area contributed by atoms with Crippen LogP contribution in [0.15, 0.2) is 48.5 Å². The van der Waals surface area contributed by atoms with E-state index in [1.54, 1.807) is 19.2 Å². The van der Waals surface area contributed by atoms with Crippen LogP contribution < -0.4 is 15.8 Å². The second kappa shape index (κ2) is 11.6. The minimum absolute atomic E-state index is 0.0277. The SMILES string of the molecule is COc1ccc(C(=O)N2CCN([C@@H]3CCCC[C@H]3C(=O)N[C@H](C(N)=O)c3ccccc3)CC2)c(C)c1. The van der Waals surface area contributed by atoms with Gasteiger partial charge in [-0.1, -0.05) is 43.2 Å². The average molecular weight is 493 g/mol. The minimum Gasteiger partial charge on any atom is -0.497 e. The highest BCUT2D eigenvalue weighted by atomic mass is 16.5. The van der Waals surface area contributed by atoms with Crippen molar-refractivity contribution in [2.75, 3.05) is 33.3 Å². The number of nitrogens with one attached hydrogen (secondary N) is 1. The summed E-state index contributed by atoms with van der Waals surface area (Å²) in [4.78, 5) is 42.9. The Bertz CT molecular complexity index is 1080. The van der Waals surface area contributed by atoms with Gasteiger partial charge in [-0.3, -0.25) is 19.3 Å². The molecule has 1 heterocycles. The first-order valence-corrected chi connectivity index (χ1v) is 12.7. The molecule has 192 valence electrons. The summed E-state index contributed by atoms with van der Waals surface area (Å²) in [6.45, 7) is 4.58. The van der Waals surface area contributed by atoms with E-state index in [9.17, 15) is 14.4 Å². The number of carbonyl (C=O) groups is 3. The standard InChI is InChI=1S/C28H36N4O4/c1-19-18-21(36-2)12-13-22(19)28(35)32-16-14-31(15-17-32)24-11-7-6-10-23(24)27(34)30-25(26(29)33)20-8-4-3-5-9-20/h3-5,8-9,12-13,18,23-25H,6-7,10-11,14-17H2,1-2H3,(H2,29,33)(H,30,34)/t23-,24-,25+/m1/s1. The third-order valence-corrected chi connectivity index (χ3v) is 7.50. The van der Waals surface area contributed by atoms with Crippen molar-refractivity contribution in [1.29, 1.82) is 0 Å². The fourth-order valence-electron chi connectivity index (χ4n) is 5.50. The number of primary amides is 1. The molecule has 0 bridgehead atoms. The summed E-state index contributed by atoms with van der Waals surface area (Å²) in [6.07, 6.45) is 3.75. The molecule has 3 amide bonds. The van der Waals surface area contributed by atoms with Gasteiger partial charge in [-0.15, -0.1) is 0 Å². The minimum atomic E-state index is -0.844. The summed E-state index contributed by atoms with van der Waals surface area (Å²) in [5.41, 5.74) is 7.91. The van der Waals surface area contributed by atoms with Crippen LogP contribution in [-0.4, -0.2) is 66.9 Å². The normalized spacial score (nSPS) is 21.4. The molecule has 0 unspecified atom stereocenters. The third-order valence-electron chi connectivity index (χ3n) is 7.50. The van der Waals surface area contributed by atoms with Crippen LogP contribution >= 0.6 is 0 Å². The predicted molar refractivity (Wildman–Crippen MR) is 137 cm³/mol. The number of benzene rings is 2. The molecular weight excluding hydrogens is 456 g/mol. The first-order valence-electron chi connectivity index (χ1n) is 12.7. The molecular formula is C28H36N4O4. The second-order valence-corrected chi connectivity index (χ2v) is 9.72. The van der Waals surface area contributed by atoms with E-state index in [1.165, 1.54) is 0 Å². The molecule has 8 nitrogen and oxygen atoms in total. The van der Waals surface area contributed by atoms with Crippen LogP contribution in [0.4, 0.5) is 0 Å². The van der Waals surface area contributed by atoms with Crippen molar-refractivity contribution in [2.24, 2.45) is 11.7 Å². The van der Waals surface area contributed by atoms with E-state index in [4.69, 9.17) is 10.5 Å². The number of hydrogen-bond acceptors (Lipinski definition) is 5. The summed E-state index contributed by atoms with van der Waals surface area (Å²) >= 11 is 0. The second-order valence-electron chi connectivity index (χ2n) is 9.72. The molecule has 3 atom stereocenters. The number of nitrogens with two attached hydrogens (primary N) is 1. The van der Waals surface area contributed by atoms with Crippen molar-refractivity contribution >= 4 is 17.7 Å². The highest BCUT2D eigenvalue weighted by Crippen LogP contribution is 2.31. The number of rotatable bonds is 7. The fraction of sp³-hybridized carbons (Fsp3) is 0.464. The maximum absolute atomic E-state index is 13.4. The van der Waals surface area contributed by atoms with Crippen molar-refractivity contribution < 1.29 is 19.1 Å². The van der Waals surface area contributed by atoms with Gasteiger partial charge in [0.1, 0.15) is 11.8 Å². The zero-order valence-corrected chi connectivity index (χ0v) is 21.1. The molecule has 2 fully saturated rings. The highest BCUT2D eigenvalue weighted by molar-refractivity contribution is 5.96. The lowest BCUT2D eigenvalue weighted by Crippen LogP contribution is -2.56. The quantitative estimate of drug-likeness (QED) is 0.618. The van der Waals surface area contributed by atoms with Crippen molar-refractivity contribution in [1.82, 2.24) is 15.1 Å². The van der Waals surface area contributed by atoms with Crippen molar-refractivity contribution in [2.45, 2.75) is 44.7 Å². The molecule has 0 spiro atoms. The number of piperazine rings is 1. The van der Waals surface area contributed by atoms with E-state index in [-0.39, 0.29) is 23.8 Å². The van der Waals surface area contributed by atoms with Crippen LogP contribution in [0.1, 0.15) is 53.2 Å². The van der Waals surface area contributed by atoms with Gasteiger partial charge >= 0.3 is 0 Å². The molecule has 1 saturated carbocycles. The Kier molecular flexibility index (Phi) is 8.25. The summed E-state index contributed by atoms with van der Waals surface area (Å²) in [6, 6.07) is 13.9. The van der Waals surface area contributed by atoms with E-state index >= 15 is 0 Å². The molecule has 36 heavy (non-hydrogen) atoms. The number of carbonyl (C=O) groups excluding carboxylic acids is 3. The zero-order valence-electron chi connectivity index (χ0n) is 21.1. The van der Waals surface area contributed by atoms with Gasteiger partial charge < -0.3 is 20.7 Å². The first kappa shape index (κ1) is 25.7. The summed E-state index contributed by atoms with van der Waals surface area (Å²) in [7, 11) is 1.62. The molecule has 2 aromatic carbocycles. The van der Waals surface area contributed by atoms with Crippen LogP contribution in [0.5, 0.6) is 5.75 Å². The molecule has 0 aromatic heterocycles. The molecule has 4 rings (SSSR count). The van der Waals surface area contributed by atoms with E-state index in [0.29, 0.717) is 37.3 Å². The predicted octanol–water partition coefficient (Wildman–Crippen LogP) is 2.66.